The second kappa shape index (κ2) is 5.30. The molecule has 0 saturated carbocycles. The number of anilines is 1. The topological polar surface area (TPSA) is 71.3 Å². The molecule has 2 rings (SSSR count). The van der Waals surface area contributed by atoms with E-state index in [0.29, 0.717) is 11.6 Å². The molecule has 2 unspecified atom stereocenters. The molecule has 0 radical (unpaired) electrons. The van der Waals surface area contributed by atoms with Crippen LogP contribution in [0.2, 0.25) is 0 Å². The molecular formula is C12H18N4O2. The van der Waals surface area contributed by atoms with Crippen molar-refractivity contribution in [1.29, 1.82) is 0 Å². The van der Waals surface area contributed by atoms with E-state index in [2.05, 4.69) is 29.2 Å². The minimum absolute atomic E-state index is 0.0450. The van der Waals surface area contributed by atoms with Crippen LogP contribution in [0, 0.1) is 16.0 Å². The summed E-state index contributed by atoms with van der Waals surface area (Å²) >= 11 is 0. The Morgan fingerprint density at radius 3 is 3.06 bits per heavy atom. The van der Waals surface area contributed by atoms with E-state index in [-0.39, 0.29) is 11.7 Å². The smallest absolute Gasteiger partial charge is 0.310 e. The summed E-state index contributed by atoms with van der Waals surface area (Å²) in [6, 6.07) is 1.95. The SMILES string of the molecule is CC1CN(C)CCC1Nc1ccncc1[N+](=O)[O-]. The third-order valence-electron chi connectivity index (χ3n) is 3.45. The van der Waals surface area contributed by atoms with Gasteiger partial charge in [0.05, 0.1) is 4.92 Å². The molecule has 1 aliphatic heterocycles. The summed E-state index contributed by atoms with van der Waals surface area (Å²) in [6.07, 6.45) is 3.87. The predicted octanol–water partition coefficient (Wildman–Crippen LogP) is 1.74. The van der Waals surface area contributed by atoms with Crippen molar-refractivity contribution in [3.8, 4) is 0 Å². The van der Waals surface area contributed by atoms with Gasteiger partial charge in [-0.25, -0.2) is 0 Å². The summed E-state index contributed by atoms with van der Waals surface area (Å²) in [5.41, 5.74) is 0.611. The van der Waals surface area contributed by atoms with Crippen LogP contribution >= 0.6 is 0 Å². The zero-order valence-electron chi connectivity index (χ0n) is 10.7. The Hall–Kier alpha value is -1.69. The largest absolute Gasteiger partial charge is 0.376 e. The zero-order chi connectivity index (χ0) is 13.1. The van der Waals surface area contributed by atoms with Crippen molar-refractivity contribution >= 4 is 11.4 Å². The third kappa shape index (κ3) is 2.76. The molecule has 6 heteroatoms. The van der Waals surface area contributed by atoms with Crippen molar-refractivity contribution in [2.24, 2.45) is 5.92 Å². The van der Waals surface area contributed by atoms with Gasteiger partial charge >= 0.3 is 5.69 Å². The molecule has 2 atom stereocenters. The minimum Gasteiger partial charge on any atom is -0.376 e. The lowest BCUT2D eigenvalue weighted by atomic mass is 9.94. The average molecular weight is 250 g/mol. The van der Waals surface area contributed by atoms with Gasteiger partial charge in [-0.2, -0.15) is 0 Å². The van der Waals surface area contributed by atoms with Crippen molar-refractivity contribution in [2.45, 2.75) is 19.4 Å². The maximum absolute atomic E-state index is 10.9. The highest BCUT2D eigenvalue weighted by atomic mass is 16.6. The van der Waals surface area contributed by atoms with Crippen molar-refractivity contribution in [1.82, 2.24) is 9.88 Å². The van der Waals surface area contributed by atoms with Crippen LogP contribution < -0.4 is 5.32 Å². The lowest BCUT2D eigenvalue weighted by Crippen LogP contribution is -2.43. The summed E-state index contributed by atoms with van der Waals surface area (Å²) in [7, 11) is 2.10. The van der Waals surface area contributed by atoms with E-state index in [4.69, 9.17) is 0 Å². The Morgan fingerprint density at radius 2 is 2.39 bits per heavy atom. The molecule has 0 aromatic carbocycles. The number of hydrogen-bond donors (Lipinski definition) is 1. The molecule has 0 aliphatic carbocycles. The molecule has 6 nitrogen and oxygen atoms in total. The second-order valence-corrected chi connectivity index (χ2v) is 4.93. The molecule has 0 amide bonds. The Labute approximate surface area is 106 Å². The van der Waals surface area contributed by atoms with E-state index < -0.39 is 4.92 Å². The quantitative estimate of drug-likeness (QED) is 0.653. The lowest BCUT2D eigenvalue weighted by Gasteiger charge is -2.35. The maximum atomic E-state index is 10.9. The van der Waals surface area contributed by atoms with Gasteiger partial charge in [-0.15, -0.1) is 0 Å². The number of nitrogens with zero attached hydrogens (tertiary/aromatic N) is 3. The van der Waals surface area contributed by atoms with Gasteiger partial charge in [0.15, 0.2) is 0 Å². The first kappa shape index (κ1) is 12.8. The molecule has 0 spiro atoms. The fourth-order valence-corrected chi connectivity index (χ4v) is 2.42. The average Bonchev–Trinajstić information content (AvgIpc) is 2.33. The first-order chi connectivity index (χ1) is 8.58. The molecule has 1 aliphatic rings. The standard InChI is InChI=1S/C12H18N4O2/c1-9-8-15(2)6-4-10(9)14-11-3-5-13-7-12(11)16(17)18/h3,5,7,9-10H,4,6,8H2,1-2H3,(H,13,14). The van der Waals surface area contributed by atoms with Crippen LogP contribution in [0.1, 0.15) is 13.3 Å². The highest BCUT2D eigenvalue weighted by Crippen LogP contribution is 2.26. The van der Waals surface area contributed by atoms with Crippen molar-refractivity contribution in [3.63, 3.8) is 0 Å². The Bertz CT molecular complexity index is 438. The molecule has 1 aromatic rings. The van der Waals surface area contributed by atoms with Crippen molar-refractivity contribution in [3.05, 3.63) is 28.6 Å². The number of likely N-dealkylation sites (tertiary alicyclic amines) is 1. The van der Waals surface area contributed by atoms with Crippen LogP contribution in [0.5, 0.6) is 0 Å². The van der Waals surface area contributed by atoms with Crippen molar-refractivity contribution in [2.75, 3.05) is 25.5 Å². The van der Waals surface area contributed by atoms with Crippen LogP contribution in [-0.2, 0) is 0 Å². The number of nitro groups is 1. The first-order valence-corrected chi connectivity index (χ1v) is 6.11. The second-order valence-electron chi connectivity index (χ2n) is 4.93. The highest BCUT2D eigenvalue weighted by molar-refractivity contribution is 5.60. The van der Waals surface area contributed by atoms with Gasteiger partial charge in [0, 0.05) is 18.8 Å². The van der Waals surface area contributed by atoms with E-state index in [1.807, 2.05) is 0 Å². The van der Waals surface area contributed by atoms with Crippen LogP contribution in [-0.4, -0.2) is 41.0 Å². The molecule has 0 bridgehead atoms. The van der Waals surface area contributed by atoms with Gasteiger partial charge in [0.1, 0.15) is 11.9 Å². The third-order valence-corrected chi connectivity index (χ3v) is 3.45. The Morgan fingerprint density at radius 1 is 1.61 bits per heavy atom. The minimum atomic E-state index is -0.394. The van der Waals surface area contributed by atoms with Gasteiger partial charge in [0.2, 0.25) is 0 Å². The van der Waals surface area contributed by atoms with Crippen molar-refractivity contribution < 1.29 is 4.92 Å². The molecular weight excluding hydrogens is 232 g/mol. The highest BCUT2D eigenvalue weighted by Gasteiger charge is 2.26. The molecule has 1 N–H and O–H groups in total. The van der Waals surface area contributed by atoms with Crippen LogP contribution in [0.25, 0.3) is 0 Å². The number of piperidine rings is 1. The number of aromatic nitrogens is 1. The monoisotopic (exact) mass is 250 g/mol. The molecule has 2 heterocycles. The molecule has 1 fully saturated rings. The normalized spacial score (nSPS) is 24.8. The van der Waals surface area contributed by atoms with E-state index in [9.17, 15) is 10.1 Å². The summed E-state index contributed by atoms with van der Waals surface area (Å²) in [5.74, 6) is 0.469. The van der Waals surface area contributed by atoms with Crippen LogP contribution in [0.3, 0.4) is 0 Å². The van der Waals surface area contributed by atoms with E-state index in [1.54, 1.807) is 12.3 Å². The Balaban J connectivity index is 2.12. The summed E-state index contributed by atoms with van der Waals surface area (Å²) in [5, 5.41) is 14.2. The molecule has 18 heavy (non-hydrogen) atoms. The van der Waals surface area contributed by atoms with Gasteiger partial charge in [0.25, 0.3) is 0 Å². The van der Waals surface area contributed by atoms with Gasteiger partial charge in [-0.3, -0.25) is 15.1 Å². The molecule has 1 aromatic heterocycles. The lowest BCUT2D eigenvalue weighted by molar-refractivity contribution is -0.384. The van der Waals surface area contributed by atoms with Gasteiger partial charge in [-0.1, -0.05) is 6.92 Å². The summed E-state index contributed by atoms with van der Waals surface area (Å²) in [6.45, 7) is 4.19. The van der Waals surface area contributed by atoms with Crippen LogP contribution in [0.15, 0.2) is 18.5 Å². The van der Waals surface area contributed by atoms with E-state index in [0.717, 1.165) is 19.5 Å². The number of pyridine rings is 1. The van der Waals surface area contributed by atoms with E-state index >= 15 is 0 Å². The van der Waals surface area contributed by atoms with Gasteiger partial charge in [-0.05, 0) is 32.0 Å². The predicted molar refractivity (Wildman–Crippen MR) is 69.6 cm³/mol. The van der Waals surface area contributed by atoms with Crippen LogP contribution in [0.4, 0.5) is 11.4 Å². The van der Waals surface area contributed by atoms with E-state index in [1.165, 1.54) is 6.20 Å². The summed E-state index contributed by atoms with van der Waals surface area (Å²) in [4.78, 5) is 16.6. The fourth-order valence-electron chi connectivity index (χ4n) is 2.42. The molecule has 1 saturated heterocycles. The Kier molecular flexibility index (Phi) is 3.76. The number of rotatable bonds is 3. The van der Waals surface area contributed by atoms with Gasteiger partial charge < -0.3 is 10.2 Å². The zero-order valence-corrected chi connectivity index (χ0v) is 10.7. The molecule has 98 valence electrons. The summed E-state index contributed by atoms with van der Waals surface area (Å²) < 4.78 is 0. The first-order valence-electron chi connectivity index (χ1n) is 6.11. The maximum Gasteiger partial charge on any atom is 0.310 e. The number of nitrogens with one attached hydrogen (secondary N) is 1. The number of hydrogen-bond acceptors (Lipinski definition) is 5. The fraction of sp³-hybridized carbons (Fsp3) is 0.583.